The lowest BCUT2D eigenvalue weighted by atomic mass is 10.2. The Morgan fingerprint density at radius 1 is 1.28 bits per heavy atom. The van der Waals surface area contributed by atoms with Gasteiger partial charge in [0.1, 0.15) is 0 Å². The highest BCUT2D eigenvalue weighted by Crippen LogP contribution is 2.22. The van der Waals surface area contributed by atoms with Crippen LogP contribution in [0.25, 0.3) is 11.5 Å². The molecule has 0 saturated heterocycles. The molecule has 0 aliphatic rings. The van der Waals surface area contributed by atoms with Crippen LogP contribution >= 0.6 is 0 Å². The van der Waals surface area contributed by atoms with E-state index in [4.69, 9.17) is 4.42 Å². The lowest BCUT2D eigenvalue weighted by molar-refractivity contribution is 0.428. The molecule has 1 heterocycles. The standard InChI is InChI=1S/C12H13F2N3O/c1-3-15-7(2)11-16-17-12(18-11)8-4-5-9(13)10(14)6-8/h4-7,15H,3H2,1-2H3. The molecule has 0 amide bonds. The van der Waals surface area contributed by atoms with Crippen molar-refractivity contribution in [3.05, 3.63) is 35.7 Å². The molecular weight excluding hydrogens is 240 g/mol. The largest absolute Gasteiger partial charge is 0.419 e. The molecule has 0 saturated carbocycles. The van der Waals surface area contributed by atoms with Gasteiger partial charge in [-0.1, -0.05) is 6.92 Å². The fourth-order valence-electron chi connectivity index (χ4n) is 1.55. The van der Waals surface area contributed by atoms with Gasteiger partial charge in [0.2, 0.25) is 11.8 Å². The number of benzene rings is 1. The van der Waals surface area contributed by atoms with Crippen LogP contribution in [-0.4, -0.2) is 16.7 Å². The minimum Gasteiger partial charge on any atom is -0.419 e. The minimum absolute atomic E-state index is 0.0819. The van der Waals surface area contributed by atoms with Crippen LogP contribution in [0.1, 0.15) is 25.8 Å². The van der Waals surface area contributed by atoms with Gasteiger partial charge >= 0.3 is 0 Å². The maximum atomic E-state index is 13.1. The molecule has 1 N–H and O–H groups in total. The summed E-state index contributed by atoms with van der Waals surface area (Å²) in [7, 11) is 0. The molecule has 18 heavy (non-hydrogen) atoms. The van der Waals surface area contributed by atoms with Gasteiger partial charge in [0.15, 0.2) is 11.6 Å². The number of aromatic nitrogens is 2. The monoisotopic (exact) mass is 253 g/mol. The smallest absolute Gasteiger partial charge is 0.247 e. The third-order valence-electron chi connectivity index (χ3n) is 2.49. The molecule has 2 rings (SSSR count). The van der Waals surface area contributed by atoms with E-state index in [0.29, 0.717) is 11.5 Å². The number of hydrogen-bond acceptors (Lipinski definition) is 4. The van der Waals surface area contributed by atoms with Crippen molar-refractivity contribution in [3.63, 3.8) is 0 Å². The molecule has 0 aliphatic heterocycles. The first kappa shape index (κ1) is 12.6. The van der Waals surface area contributed by atoms with Crippen LogP contribution in [0, 0.1) is 11.6 Å². The SMILES string of the molecule is CCNC(C)c1nnc(-c2ccc(F)c(F)c2)o1. The zero-order valence-corrected chi connectivity index (χ0v) is 10.1. The zero-order valence-electron chi connectivity index (χ0n) is 10.1. The number of nitrogens with one attached hydrogen (secondary N) is 1. The molecule has 1 aromatic carbocycles. The molecular formula is C12H13F2N3O. The van der Waals surface area contributed by atoms with Gasteiger partial charge in [-0.25, -0.2) is 8.78 Å². The van der Waals surface area contributed by atoms with Crippen molar-refractivity contribution in [1.29, 1.82) is 0 Å². The number of halogens is 2. The fourth-order valence-corrected chi connectivity index (χ4v) is 1.55. The molecule has 1 aromatic heterocycles. The summed E-state index contributed by atoms with van der Waals surface area (Å²) in [6, 6.07) is 3.38. The van der Waals surface area contributed by atoms with E-state index < -0.39 is 11.6 Å². The fraction of sp³-hybridized carbons (Fsp3) is 0.333. The predicted octanol–water partition coefficient (Wildman–Crippen LogP) is 2.69. The van der Waals surface area contributed by atoms with Crippen molar-refractivity contribution in [2.75, 3.05) is 6.54 Å². The maximum Gasteiger partial charge on any atom is 0.247 e. The van der Waals surface area contributed by atoms with Crippen LogP contribution in [0.15, 0.2) is 22.6 Å². The first-order valence-electron chi connectivity index (χ1n) is 5.64. The van der Waals surface area contributed by atoms with Crippen molar-refractivity contribution >= 4 is 0 Å². The molecule has 6 heteroatoms. The van der Waals surface area contributed by atoms with Gasteiger partial charge in [-0.15, -0.1) is 10.2 Å². The van der Waals surface area contributed by atoms with Crippen LogP contribution in [-0.2, 0) is 0 Å². The van der Waals surface area contributed by atoms with Crippen molar-refractivity contribution in [2.45, 2.75) is 19.9 Å². The van der Waals surface area contributed by atoms with Crippen LogP contribution in [0.4, 0.5) is 8.78 Å². The van der Waals surface area contributed by atoms with Crippen LogP contribution in [0.3, 0.4) is 0 Å². The van der Waals surface area contributed by atoms with Crippen LogP contribution < -0.4 is 5.32 Å². The third-order valence-corrected chi connectivity index (χ3v) is 2.49. The molecule has 96 valence electrons. The van der Waals surface area contributed by atoms with Gasteiger partial charge in [-0.3, -0.25) is 0 Å². The van der Waals surface area contributed by atoms with E-state index in [1.54, 1.807) is 0 Å². The van der Waals surface area contributed by atoms with Crippen molar-refractivity contribution in [3.8, 4) is 11.5 Å². The van der Waals surface area contributed by atoms with E-state index in [2.05, 4.69) is 15.5 Å². The molecule has 2 aromatic rings. The minimum atomic E-state index is -0.938. The lowest BCUT2D eigenvalue weighted by Crippen LogP contribution is -2.17. The van der Waals surface area contributed by atoms with E-state index in [0.717, 1.165) is 18.7 Å². The quantitative estimate of drug-likeness (QED) is 0.910. The molecule has 0 bridgehead atoms. The molecule has 1 unspecified atom stereocenters. The summed E-state index contributed by atoms with van der Waals surface area (Å²) in [4.78, 5) is 0. The van der Waals surface area contributed by atoms with E-state index in [1.807, 2.05) is 13.8 Å². The average Bonchev–Trinajstić information content (AvgIpc) is 2.82. The van der Waals surface area contributed by atoms with Crippen molar-refractivity contribution in [2.24, 2.45) is 0 Å². The topological polar surface area (TPSA) is 51.0 Å². The van der Waals surface area contributed by atoms with Gasteiger partial charge in [0, 0.05) is 5.56 Å². The van der Waals surface area contributed by atoms with Crippen LogP contribution in [0.2, 0.25) is 0 Å². The van der Waals surface area contributed by atoms with Gasteiger partial charge < -0.3 is 9.73 Å². The summed E-state index contributed by atoms with van der Waals surface area (Å²) in [6.07, 6.45) is 0. The second-order valence-electron chi connectivity index (χ2n) is 3.85. The van der Waals surface area contributed by atoms with E-state index in [-0.39, 0.29) is 11.9 Å². The van der Waals surface area contributed by atoms with Crippen molar-refractivity contribution < 1.29 is 13.2 Å². The molecule has 1 atom stereocenters. The lowest BCUT2D eigenvalue weighted by Gasteiger charge is -2.05. The van der Waals surface area contributed by atoms with Gasteiger partial charge in [-0.2, -0.15) is 0 Å². The highest BCUT2D eigenvalue weighted by Gasteiger charge is 2.15. The summed E-state index contributed by atoms with van der Waals surface area (Å²) in [5.74, 6) is -1.25. The Morgan fingerprint density at radius 3 is 2.72 bits per heavy atom. The van der Waals surface area contributed by atoms with Crippen LogP contribution in [0.5, 0.6) is 0 Å². The summed E-state index contributed by atoms with van der Waals surface area (Å²) in [5.41, 5.74) is 0.358. The normalized spacial score (nSPS) is 12.7. The maximum absolute atomic E-state index is 13.1. The molecule has 4 nitrogen and oxygen atoms in total. The second kappa shape index (κ2) is 5.22. The van der Waals surface area contributed by atoms with Gasteiger partial charge in [-0.05, 0) is 31.7 Å². The third kappa shape index (κ3) is 2.53. The van der Waals surface area contributed by atoms with Gasteiger partial charge in [0.05, 0.1) is 6.04 Å². The van der Waals surface area contributed by atoms with E-state index >= 15 is 0 Å². The number of rotatable bonds is 4. The highest BCUT2D eigenvalue weighted by molar-refractivity contribution is 5.52. The summed E-state index contributed by atoms with van der Waals surface area (Å²) in [5, 5.41) is 10.8. The highest BCUT2D eigenvalue weighted by atomic mass is 19.2. The Hall–Kier alpha value is -1.82. The predicted molar refractivity (Wildman–Crippen MR) is 61.7 cm³/mol. The van der Waals surface area contributed by atoms with E-state index in [9.17, 15) is 8.78 Å². The summed E-state index contributed by atoms with van der Waals surface area (Å²) < 4.78 is 31.3. The first-order valence-corrected chi connectivity index (χ1v) is 5.64. The number of hydrogen-bond donors (Lipinski definition) is 1. The Bertz CT molecular complexity index is 542. The molecule has 0 fully saturated rings. The zero-order chi connectivity index (χ0) is 13.1. The Morgan fingerprint density at radius 2 is 2.06 bits per heavy atom. The Kier molecular flexibility index (Phi) is 3.66. The number of nitrogens with zero attached hydrogens (tertiary/aromatic N) is 2. The Balaban J connectivity index is 2.26. The average molecular weight is 253 g/mol. The summed E-state index contributed by atoms with van der Waals surface area (Å²) >= 11 is 0. The molecule has 0 spiro atoms. The molecule has 0 radical (unpaired) electrons. The van der Waals surface area contributed by atoms with Gasteiger partial charge in [0.25, 0.3) is 0 Å². The van der Waals surface area contributed by atoms with Crippen molar-refractivity contribution in [1.82, 2.24) is 15.5 Å². The van der Waals surface area contributed by atoms with E-state index in [1.165, 1.54) is 6.07 Å². The molecule has 0 aliphatic carbocycles. The second-order valence-corrected chi connectivity index (χ2v) is 3.85. The summed E-state index contributed by atoms with van der Waals surface area (Å²) in [6.45, 7) is 4.61. The Labute approximate surface area is 103 Å². The first-order chi connectivity index (χ1) is 8.61.